The SMILES string of the molecule is CSc1ccc2c(c1)N(c1c(-c3ccccc3)[nH]c3ccccc13)c1ccccc1S2. The Morgan fingerprint density at radius 1 is 0.742 bits per heavy atom. The number of thioether (sulfide) groups is 1. The van der Waals surface area contributed by atoms with Gasteiger partial charge in [-0.3, -0.25) is 0 Å². The van der Waals surface area contributed by atoms with Crippen molar-refractivity contribution in [1.82, 2.24) is 4.98 Å². The van der Waals surface area contributed by atoms with Crippen molar-refractivity contribution in [2.24, 2.45) is 0 Å². The second-order valence-electron chi connectivity index (χ2n) is 7.50. The van der Waals surface area contributed by atoms with Crippen molar-refractivity contribution in [3.05, 3.63) is 97.1 Å². The lowest BCUT2D eigenvalue weighted by Gasteiger charge is -2.33. The van der Waals surface area contributed by atoms with Gasteiger partial charge in [-0.15, -0.1) is 11.8 Å². The molecule has 0 spiro atoms. The molecule has 4 heteroatoms. The first kappa shape index (κ1) is 18.7. The molecule has 6 rings (SSSR count). The molecule has 0 bridgehead atoms. The van der Waals surface area contributed by atoms with E-state index in [0.29, 0.717) is 0 Å². The Morgan fingerprint density at radius 3 is 2.35 bits per heavy atom. The maximum atomic E-state index is 3.71. The van der Waals surface area contributed by atoms with E-state index in [2.05, 4.69) is 113 Å². The molecule has 0 unspecified atom stereocenters. The minimum atomic E-state index is 1.14. The van der Waals surface area contributed by atoms with Crippen molar-refractivity contribution < 1.29 is 0 Å². The highest BCUT2D eigenvalue weighted by molar-refractivity contribution is 8.00. The first-order valence-corrected chi connectivity index (χ1v) is 12.3. The number of aromatic nitrogens is 1. The fourth-order valence-electron chi connectivity index (χ4n) is 4.28. The molecule has 0 saturated heterocycles. The van der Waals surface area contributed by atoms with Gasteiger partial charge in [-0.2, -0.15) is 0 Å². The predicted octanol–water partition coefficient (Wildman–Crippen LogP) is 8.49. The maximum Gasteiger partial charge on any atom is 0.0797 e. The van der Waals surface area contributed by atoms with Crippen LogP contribution in [0.3, 0.4) is 0 Å². The van der Waals surface area contributed by atoms with Crippen molar-refractivity contribution in [3.8, 4) is 11.3 Å². The van der Waals surface area contributed by atoms with Crippen LogP contribution in [-0.2, 0) is 0 Å². The lowest BCUT2D eigenvalue weighted by molar-refractivity contribution is 1.15. The van der Waals surface area contributed by atoms with Gasteiger partial charge in [0.05, 0.1) is 22.8 Å². The van der Waals surface area contributed by atoms with E-state index in [1.54, 1.807) is 11.8 Å². The molecule has 1 aliphatic rings. The third-order valence-electron chi connectivity index (χ3n) is 5.70. The molecule has 2 heterocycles. The number of hydrogen-bond donors (Lipinski definition) is 1. The summed E-state index contributed by atoms with van der Waals surface area (Å²) in [5.74, 6) is 0. The molecule has 1 N–H and O–H groups in total. The van der Waals surface area contributed by atoms with Gasteiger partial charge in [0.15, 0.2) is 0 Å². The summed E-state index contributed by atoms with van der Waals surface area (Å²) in [6.07, 6.45) is 2.14. The number of rotatable bonds is 3. The summed E-state index contributed by atoms with van der Waals surface area (Å²) in [5, 5.41) is 1.23. The highest BCUT2D eigenvalue weighted by Gasteiger charge is 2.29. The average Bonchev–Trinajstić information content (AvgIpc) is 3.22. The van der Waals surface area contributed by atoms with Gasteiger partial charge in [0.25, 0.3) is 0 Å². The van der Waals surface area contributed by atoms with E-state index < -0.39 is 0 Å². The van der Waals surface area contributed by atoms with E-state index in [4.69, 9.17) is 0 Å². The molecule has 0 atom stereocenters. The van der Waals surface area contributed by atoms with Gasteiger partial charge in [0.2, 0.25) is 0 Å². The van der Waals surface area contributed by atoms with Gasteiger partial charge < -0.3 is 9.88 Å². The summed E-state index contributed by atoms with van der Waals surface area (Å²) in [5.41, 5.74) is 7.14. The zero-order valence-corrected chi connectivity index (χ0v) is 18.6. The topological polar surface area (TPSA) is 19.0 Å². The second kappa shape index (κ2) is 7.56. The van der Waals surface area contributed by atoms with Crippen LogP contribution in [0.15, 0.2) is 112 Å². The van der Waals surface area contributed by atoms with Crippen LogP contribution in [0.4, 0.5) is 17.1 Å². The molecule has 1 aromatic heterocycles. The van der Waals surface area contributed by atoms with Crippen molar-refractivity contribution in [2.45, 2.75) is 14.7 Å². The Morgan fingerprint density at radius 2 is 1.48 bits per heavy atom. The van der Waals surface area contributed by atoms with Crippen molar-refractivity contribution >= 4 is 51.5 Å². The molecule has 0 amide bonds. The van der Waals surface area contributed by atoms with E-state index in [1.807, 2.05) is 11.8 Å². The highest BCUT2D eigenvalue weighted by atomic mass is 32.2. The van der Waals surface area contributed by atoms with Crippen LogP contribution < -0.4 is 4.90 Å². The Kier molecular flexibility index (Phi) is 4.55. The van der Waals surface area contributed by atoms with Crippen LogP contribution in [0.1, 0.15) is 0 Å². The largest absolute Gasteiger partial charge is 0.353 e. The van der Waals surface area contributed by atoms with Crippen LogP contribution >= 0.6 is 23.5 Å². The van der Waals surface area contributed by atoms with Gasteiger partial charge in [0, 0.05) is 31.2 Å². The molecule has 0 radical (unpaired) electrons. The predicted molar refractivity (Wildman–Crippen MR) is 134 cm³/mol. The normalized spacial score (nSPS) is 12.6. The lowest BCUT2D eigenvalue weighted by atomic mass is 10.1. The van der Waals surface area contributed by atoms with Crippen LogP contribution in [-0.4, -0.2) is 11.2 Å². The minimum Gasteiger partial charge on any atom is -0.353 e. The molecule has 31 heavy (non-hydrogen) atoms. The zero-order chi connectivity index (χ0) is 20.8. The number of nitrogens with zero attached hydrogens (tertiary/aromatic N) is 1. The van der Waals surface area contributed by atoms with Gasteiger partial charge in [-0.05, 0) is 42.7 Å². The first-order valence-electron chi connectivity index (χ1n) is 10.2. The number of nitrogens with one attached hydrogen (secondary N) is 1. The van der Waals surface area contributed by atoms with Gasteiger partial charge >= 0.3 is 0 Å². The minimum absolute atomic E-state index is 1.14. The molecular weight excluding hydrogens is 416 g/mol. The highest BCUT2D eigenvalue weighted by Crippen LogP contribution is 2.55. The number of fused-ring (bicyclic) bond motifs is 3. The monoisotopic (exact) mass is 436 g/mol. The van der Waals surface area contributed by atoms with Crippen LogP contribution in [0.5, 0.6) is 0 Å². The Bertz CT molecular complexity index is 1410. The van der Waals surface area contributed by atoms with E-state index in [1.165, 1.54) is 42.7 Å². The van der Waals surface area contributed by atoms with E-state index in [-0.39, 0.29) is 0 Å². The van der Waals surface area contributed by atoms with Crippen LogP contribution in [0, 0.1) is 0 Å². The Labute approximate surface area is 190 Å². The summed E-state index contributed by atoms with van der Waals surface area (Å²) in [4.78, 5) is 9.98. The molecule has 150 valence electrons. The Balaban J connectivity index is 1.71. The molecule has 0 aliphatic carbocycles. The fourth-order valence-corrected chi connectivity index (χ4v) is 5.75. The fraction of sp³-hybridized carbons (Fsp3) is 0.0370. The maximum absolute atomic E-state index is 3.71. The van der Waals surface area contributed by atoms with Crippen LogP contribution in [0.2, 0.25) is 0 Å². The lowest BCUT2D eigenvalue weighted by Crippen LogP contribution is -2.15. The molecular formula is C27H20N2S2. The Hall–Kier alpha value is -3.08. The molecule has 5 aromatic rings. The smallest absolute Gasteiger partial charge is 0.0797 e. The molecule has 1 aliphatic heterocycles. The van der Waals surface area contributed by atoms with Crippen LogP contribution in [0.25, 0.3) is 22.2 Å². The quantitative estimate of drug-likeness (QED) is 0.281. The number of hydrogen-bond acceptors (Lipinski definition) is 3. The zero-order valence-electron chi connectivity index (χ0n) is 17.0. The van der Waals surface area contributed by atoms with Crippen molar-refractivity contribution in [2.75, 3.05) is 11.2 Å². The summed E-state index contributed by atoms with van der Waals surface area (Å²) in [6, 6.07) is 34.7. The summed E-state index contributed by atoms with van der Waals surface area (Å²) in [6.45, 7) is 0. The standard InChI is InChI=1S/C27H20N2S2/c1-30-19-15-16-25-23(17-19)29(22-13-7-8-14-24(22)31-25)27-20-11-5-6-12-21(20)28-26(27)18-9-3-2-4-10-18/h2-17,28H,1H3. The third kappa shape index (κ3) is 3.06. The second-order valence-corrected chi connectivity index (χ2v) is 9.46. The third-order valence-corrected chi connectivity index (χ3v) is 7.55. The average molecular weight is 437 g/mol. The number of benzene rings is 4. The number of H-pyrrole nitrogens is 1. The molecule has 0 fully saturated rings. The van der Waals surface area contributed by atoms with Crippen molar-refractivity contribution in [1.29, 1.82) is 0 Å². The molecule has 0 saturated carbocycles. The molecule has 4 aromatic carbocycles. The summed E-state index contributed by atoms with van der Waals surface area (Å²) >= 11 is 3.63. The van der Waals surface area contributed by atoms with Gasteiger partial charge in [-0.25, -0.2) is 0 Å². The molecule has 2 nitrogen and oxygen atoms in total. The van der Waals surface area contributed by atoms with E-state index in [0.717, 1.165) is 11.2 Å². The summed E-state index contributed by atoms with van der Waals surface area (Å²) in [7, 11) is 0. The van der Waals surface area contributed by atoms with E-state index >= 15 is 0 Å². The number of para-hydroxylation sites is 2. The first-order chi connectivity index (χ1) is 15.3. The van der Waals surface area contributed by atoms with Gasteiger partial charge in [0.1, 0.15) is 0 Å². The number of aromatic amines is 1. The summed E-state index contributed by atoms with van der Waals surface area (Å²) < 4.78 is 0. The van der Waals surface area contributed by atoms with Gasteiger partial charge in [-0.1, -0.05) is 72.4 Å². The van der Waals surface area contributed by atoms with E-state index in [9.17, 15) is 0 Å². The number of anilines is 3. The van der Waals surface area contributed by atoms with Crippen molar-refractivity contribution in [3.63, 3.8) is 0 Å².